The van der Waals surface area contributed by atoms with Crippen molar-refractivity contribution >= 4 is 27.3 Å². The van der Waals surface area contributed by atoms with E-state index in [0.717, 1.165) is 5.56 Å². The molecule has 0 aliphatic rings. The summed E-state index contributed by atoms with van der Waals surface area (Å²) in [6.45, 7) is 3.78. The van der Waals surface area contributed by atoms with Crippen LogP contribution in [-0.4, -0.2) is 21.4 Å². The molecule has 0 aliphatic carbocycles. The molecular weight excluding hydrogens is 340 g/mol. The molecule has 2 N–H and O–H groups in total. The molecule has 1 amide bonds. The van der Waals surface area contributed by atoms with E-state index < -0.39 is 10.0 Å². The highest BCUT2D eigenvalue weighted by atomic mass is 32.2. The standard InChI is InChI=1S/C18H22N2O4S/c1-4-5-18(21)19-16-11-8-14(24-3)12-17(16)20-25(22,23)15-9-6-13(2)7-10-15/h6-12,20H,4-5H2,1-3H3,(H,19,21). The van der Waals surface area contributed by atoms with Crippen molar-refractivity contribution in [2.45, 2.75) is 31.6 Å². The SMILES string of the molecule is CCCC(=O)Nc1ccc(OC)cc1NS(=O)(=O)c1ccc(C)cc1. The molecule has 0 aliphatic heterocycles. The van der Waals surface area contributed by atoms with Crippen molar-refractivity contribution in [3.63, 3.8) is 0 Å². The summed E-state index contributed by atoms with van der Waals surface area (Å²) in [5.74, 6) is 0.304. The summed E-state index contributed by atoms with van der Waals surface area (Å²) in [4.78, 5) is 12.0. The minimum atomic E-state index is -3.78. The van der Waals surface area contributed by atoms with E-state index in [0.29, 0.717) is 24.3 Å². The van der Waals surface area contributed by atoms with Gasteiger partial charge >= 0.3 is 0 Å². The van der Waals surface area contributed by atoms with Crippen LogP contribution >= 0.6 is 0 Å². The van der Waals surface area contributed by atoms with Gasteiger partial charge < -0.3 is 10.1 Å². The maximum absolute atomic E-state index is 12.6. The van der Waals surface area contributed by atoms with Gasteiger partial charge in [-0.1, -0.05) is 24.6 Å². The van der Waals surface area contributed by atoms with Crippen molar-refractivity contribution in [1.82, 2.24) is 0 Å². The van der Waals surface area contributed by atoms with E-state index in [2.05, 4.69) is 10.0 Å². The highest BCUT2D eigenvalue weighted by Gasteiger charge is 2.17. The largest absolute Gasteiger partial charge is 0.497 e. The molecule has 0 spiro atoms. The van der Waals surface area contributed by atoms with E-state index in [1.54, 1.807) is 24.3 Å². The Morgan fingerprint density at radius 3 is 2.36 bits per heavy atom. The number of anilines is 2. The molecule has 25 heavy (non-hydrogen) atoms. The highest BCUT2D eigenvalue weighted by Crippen LogP contribution is 2.29. The van der Waals surface area contributed by atoms with Crippen LogP contribution in [0.5, 0.6) is 5.75 Å². The maximum atomic E-state index is 12.6. The first-order valence-corrected chi connectivity index (χ1v) is 9.41. The summed E-state index contributed by atoms with van der Waals surface area (Å²) in [5.41, 5.74) is 1.60. The Morgan fingerprint density at radius 2 is 1.76 bits per heavy atom. The van der Waals surface area contributed by atoms with Crippen molar-refractivity contribution in [2.24, 2.45) is 0 Å². The Bertz CT molecular complexity index is 846. The number of sulfonamides is 1. The van der Waals surface area contributed by atoms with E-state index >= 15 is 0 Å². The predicted octanol–water partition coefficient (Wildman–Crippen LogP) is 3.54. The topological polar surface area (TPSA) is 84.5 Å². The first-order chi connectivity index (χ1) is 11.9. The van der Waals surface area contributed by atoms with Crippen molar-refractivity contribution in [2.75, 3.05) is 17.1 Å². The van der Waals surface area contributed by atoms with Crippen LogP contribution in [0.3, 0.4) is 0 Å². The molecule has 0 fully saturated rings. The second-order valence-electron chi connectivity index (χ2n) is 5.63. The second-order valence-corrected chi connectivity index (χ2v) is 7.31. The number of hydrogen-bond donors (Lipinski definition) is 2. The summed E-state index contributed by atoms with van der Waals surface area (Å²) in [5, 5.41) is 2.72. The molecule has 0 bridgehead atoms. The van der Waals surface area contributed by atoms with Crippen molar-refractivity contribution in [3.05, 3.63) is 48.0 Å². The van der Waals surface area contributed by atoms with Gasteiger partial charge in [0.15, 0.2) is 0 Å². The van der Waals surface area contributed by atoms with Gasteiger partial charge in [-0.05, 0) is 37.6 Å². The van der Waals surface area contributed by atoms with Crippen LogP contribution in [0.4, 0.5) is 11.4 Å². The molecule has 0 radical (unpaired) electrons. The van der Waals surface area contributed by atoms with Crippen molar-refractivity contribution in [1.29, 1.82) is 0 Å². The molecule has 2 aromatic carbocycles. The third-order valence-corrected chi connectivity index (χ3v) is 4.93. The highest BCUT2D eigenvalue weighted by molar-refractivity contribution is 7.92. The summed E-state index contributed by atoms with van der Waals surface area (Å²) < 4.78 is 32.9. The van der Waals surface area contributed by atoms with Gasteiger partial charge in [-0.15, -0.1) is 0 Å². The lowest BCUT2D eigenvalue weighted by molar-refractivity contribution is -0.116. The van der Waals surface area contributed by atoms with Gasteiger partial charge in [0, 0.05) is 12.5 Å². The smallest absolute Gasteiger partial charge is 0.261 e. The Hall–Kier alpha value is -2.54. The number of carbonyl (C=O) groups is 1. The number of rotatable bonds is 7. The van der Waals surface area contributed by atoms with Crippen LogP contribution < -0.4 is 14.8 Å². The van der Waals surface area contributed by atoms with Gasteiger partial charge in [0.05, 0.1) is 23.4 Å². The number of ether oxygens (including phenoxy) is 1. The fourth-order valence-electron chi connectivity index (χ4n) is 2.20. The Kier molecular flexibility index (Phi) is 6.03. The number of benzene rings is 2. The van der Waals surface area contributed by atoms with Crippen LogP contribution in [0.25, 0.3) is 0 Å². The second kappa shape index (κ2) is 8.02. The van der Waals surface area contributed by atoms with Crippen LogP contribution in [0, 0.1) is 6.92 Å². The maximum Gasteiger partial charge on any atom is 0.261 e. The van der Waals surface area contributed by atoms with Crippen LogP contribution in [0.1, 0.15) is 25.3 Å². The molecule has 0 atom stereocenters. The minimum absolute atomic E-state index is 0.145. The lowest BCUT2D eigenvalue weighted by Crippen LogP contribution is -2.17. The van der Waals surface area contributed by atoms with Gasteiger partial charge in [-0.2, -0.15) is 0 Å². The fourth-order valence-corrected chi connectivity index (χ4v) is 3.28. The zero-order chi connectivity index (χ0) is 18.4. The van der Waals surface area contributed by atoms with E-state index in [1.807, 2.05) is 13.8 Å². The number of hydrogen-bond acceptors (Lipinski definition) is 4. The molecular formula is C18H22N2O4S. The van der Waals surface area contributed by atoms with E-state index in [1.165, 1.54) is 25.3 Å². The summed E-state index contributed by atoms with van der Waals surface area (Å²) in [6.07, 6.45) is 1.06. The molecule has 0 heterocycles. The molecule has 2 aromatic rings. The normalized spacial score (nSPS) is 11.0. The minimum Gasteiger partial charge on any atom is -0.497 e. The molecule has 0 saturated carbocycles. The van der Waals surface area contributed by atoms with Gasteiger partial charge in [0.25, 0.3) is 10.0 Å². The summed E-state index contributed by atoms with van der Waals surface area (Å²) in [7, 11) is -2.29. The Morgan fingerprint density at radius 1 is 1.08 bits per heavy atom. The van der Waals surface area contributed by atoms with Crippen LogP contribution in [0.2, 0.25) is 0 Å². The Balaban J connectivity index is 2.35. The molecule has 6 nitrogen and oxygen atoms in total. The predicted molar refractivity (Wildman–Crippen MR) is 98.5 cm³/mol. The number of aryl methyl sites for hydroxylation is 1. The summed E-state index contributed by atoms with van der Waals surface area (Å²) >= 11 is 0. The lowest BCUT2D eigenvalue weighted by Gasteiger charge is -2.15. The van der Waals surface area contributed by atoms with Crippen molar-refractivity contribution in [3.8, 4) is 5.75 Å². The summed E-state index contributed by atoms with van der Waals surface area (Å²) in [6, 6.07) is 11.3. The third-order valence-electron chi connectivity index (χ3n) is 3.55. The van der Waals surface area contributed by atoms with Crippen LogP contribution in [-0.2, 0) is 14.8 Å². The lowest BCUT2D eigenvalue weighted by atomic mass is 10.2. The molecule has 7 heteroatoms. The fraction of sp³-hybridized carbons (Fsp3) is 0.278. The first-order valence-electron chi connectivity index (χ1n) is 7.93. The average molecular weight is 362 g/mol. The Labute approximate surface area is 148 Å². The monoisotopic (exact) mass is 362 g/mol. The van der Waals surface area contributed by atoms with Gasteiger partial charge in [0.1, 0.15) is 5.75 Å². The van der Waals surface area contributed by atoms with E-state index in [9.17, 15) is 13.2 Å². The number of methoxy groups -OCH3 is 1. The average Bonchev–Trinajstić information content (AvgIpc) is 2.56. The number of amides is 1. The molecule has 134 valence electrons. The van der Waals surface area contributed by atoms with Crippen LogP contribution in [0.15, 0.2) is 47.4 Å². The number of nitrogens with one attached hydrogen (secondary N) is 2. The molecule has 2 rings (SSSR count). The van der Waals surface area contributed by atoms with Gasteiger partial charge in [0.2, 0.25) is 5.91 Å². The zero-order valence-electron chi connectivity index (χ0n) is 14.5. The van der Waals surface area contributed by atoms with Crippen molar-refractivity contribution < 1.29 is 17.9 Å². The van der Waals surface area contributed by atoms with Gasteiger partial charge in [-0.25, -0.2) is 8.42 Å². The number of carbonyl (C=O) groups excluding carboxylic acids is 1. The molecule has 0 aromatic heterocycles. The molecule has 0 saturated heterocycles. The van der Waals surface area contributed by atoms with Gasteiger partial charge in [-0.3, -0.25) is 9.52 Å². The van der Waals surface area contributed by atoms with E-state index in [4.69, 9.17) is 4.74 Å². The third kappa shape index (κ3) is 4.96. The quantitative estimate of drug-likeness (QED) is 0.789. The zero-order valence-corrected chi connectivity index (χ0v) is 15.3. The molecule has 0 unspecified atom stereocenters. The first kappa shape index (κ1) is 18.8. The van der Waals surface area contributed by atoms with E-state index in [-0.39, 0.29) is 16.5 Å².